The third-order valence-electron chi connectivity index (χ3n) is 4.58. The molecule has 0 fully saturated rings. The number of hydrogen-bond donors (Lipinski definition) is 2. The van der Waals surface area contributed by atoms with E-state index in [-0.39, 0.29) is 17.2 Å². The Kier molecular flexibility index (Phi) is 5.56. The van der Waals surface area contributed by atoms with Crippen LogP contribution in [0.4, 0.5) is 10.8 Å². The summed E-state index contributed by atoms with van der Waals surface area (Å²) in [5.74, 6) is -0.212. The Balaban J connectivity index is 1.44. The number of sulfonamides is 1. The van der Waals surface area contributed by atoms with Gasteiger partial charge in [0.25, 0.3) is 10.0 Å². The Morgan fingerprint density at radius 1 is 1.17 bits per heavy atom. The highest BCUT2D eigenvalue weighted by Crippen LogP contribution is 2.24. The van der Waals surface area contributed by atoms with Crippen LogP contribution in [0.1, 0.15) is 18.1 Å². The maximum absolute atomic E-state index is 12.5. The predicted octanol–water partition coefficient (Wildman–Crippen LogP) is 4.43. The standard InChI is InChI=1S/C21H19N3O4S2/c1-2-14-3-8-19-18(11-14)15(13-28-19)12-20(25)23-16-4-6-17(7-5-16)30(26,27)24-21-22-9-10-29-21/h3-11,13H,2,12H2,1H3,(H,22,24)(H,23,25). The largest absolute Gasteiger partial charge is 0.464 e. The molecule has 0 spiro atoms. The zero-order valence-electron chi connectivity index (χ0n) is 16.1. The van der Waals surface area contributed by atoms with Crippen molar-refractivity contribution in [3.63, 3.8) is 0 Å². The lowest BCUT2D eigenvalue weighted by atomic mass is 10.1. The monoisotopic (exact) mass is 441 g/mol. The topological polar surface area (TPSA) is 101 Å². The highest BCUT2D eigenvalue weighted by molar-refractivity contribution is 7.93. The number of carbonyl (C=O) groups excluding carboxylic acids is 1. The number of anilines is 2. The fourth-order valence-electron chi connectivity index (χ4n) is 3.03. The molecule has 0 atom stereocenters. The van der Waals surface area contributed by atoms with E-state index in [1.54, 1.807) is 23.8 Å². The van der Waals surface area contributed by atoms with Crippen LogP contribution >= 0.6 is 11.3 Å². The van der Waals surface area contributed by atoms with Crippen LogP contribution in [0.25, 0.3) is 11.0 Å². The molecule has 154 valence electrons. The van der Waals surface area contributed by atoms with Crippen molar-refractivity contribution < 1.29 is 17.6 Å². The maximum atomic E-state index is 12.5. The first-order valence-corrected chi connectivity index (χ1v) is 11.6. The van der Waals surface area contributed by atoms with Crippen LogP contribution < -0.4 is 10.0 Å². The summed E-state index contributed by atoms with van der Waals surface area (Å²) in [6.07, 6.45) is 4.18. The summed E-state index contributed by atoms with van der Waals surface area (Å²) >= 11 is 1.19. The lowest BCUT2D eigenvalue weighted by Crippen LogP contribution is -2.15. The van der Waals surface area contributed by atoms with Gasteiger partial charge >= 0.3 is 0 Å². The van der Waals surface area contributed by atoms with E-state index < -0.39 is 10.0 Å². The van der Waals surface area contributed by atoms with E-state index >= 15 is 0 Å². The average molecular weight is 442 g/mol. The van der Waals surface area contributed by atoms with E-state index in [9.17, 15) is 13.2 Å². The number of furan rings is 1. The quantitative estimate of drug-likeness (QED) is 0.442. The smallest absolute Gasteiger partial charge is 0.263 e. The van der Waals surface area contributed by atoms with Crippen LogP contribution in [0.3, 0.4) is 0 Å². The highest BCUT2D eigenvalue weighted by atomic mass is 32.2. The van der Waals surface area contributed by atoms with Crippen LogP contribution in [-0.4, -0.2) is 19.3 Å². The van der Waals surface area contributed by atoms with Gasteiger partial charge in [0, 0.05) is 28.2 Å². The lowest BCUT2D eigenvalue weighted by Gasteiger charge is -2.08. The third kappa shape index (κ3) is 4.37. The number of hydrogen-bond acceptors (Lipinski definition) is 6. The summed E-state index contributed by atoms with van der Waals surface area (Å²) in [4.78, 5) is 16.5. The molecule has 1 amide bonds. The van der Waals surface area contributed by atoms with Crippen LogP contribution in [0.5, 0.6) is 0 Å². The Bertz CT molecular complexity index is 1280. The Morgan fingerprint density at radius 3 is 2.67 bits per heavy atom. The molecule has 0 saturated carbocycles. The van der Waals surface area contributed by atoms with E-state index in [0.29, 0.717) is 10.8 Å². The summed E-state index contributed by atoms with van der Waals surface area (Å²) in [5, 5.41) is 5.70. The average Bonchev–Trinajstić information content (AvgIpc) is 3.37. The molecular formula is C21H19N3O4S2. The molecule has 4 aromatic rings. The zero-order chi connectivity index (χ0) is 21.1. The summed E-state index contributed by atoms with van der Waals surface area (Å²) in [6, 6.07) is 11.9. The maximum Gasteiger partial charge on any atom is 0.263 e. The number of nitrogens with one attached hydrogen (secondary N) is 2. The highest BCUT2D eigenvalue weighted by Gasteiger charge is 2.16. The Morgan fingerprint density at radius 2 is 1.97 bits per heavy atom. The van der Waals surface area contributed by atoms with Gasteiger partial charge in [-0.3, -0.25) is 9.52 Å². The van der Waals surface area contributed by atoms with Crippen molar-refractivity contribution in [1.29, 1.82) is 0 Å². The van der Waals surface area contributed by atoms with Crippen molar-refractivity contribution in [2.24, 2.45) is 0 Å². The SMILES string of the molecule is CCc1ccc2occ(CC(=O)Nc3ccc(S(=O)(=O)Nc4nccs4)cc3)c2c1. The number of carbonyl (C=O) groups is 1. The van der Waals surface area contributed by atoms with Crippen molar-refractivity contribution in [2.75, 3.05) is 10.0 Å². The van der Waals surface area contributed by atoms with Crippen molar-refractivity contribution in [3.8, 4) is 0 Å². The molecule has 2 aromatic heterocycles. The third-order valence-corrected chi connectivity index (χ3v) is 6.75. The van der Waals surface area contributed by atoms with Crippen molar-refractivity contribution in [1.82, 2.24) is 4.98 Å². The first kappa shape index (κ1) is 20.1. The predicted molar refractivity (Wildman–Crippen MR) is 117 cm³/mol. The van der Waals surface area contributed by atoms with E-state index in [1.807, 2.05) is 18.2 Å². The van der Waals surface area contributed by atoms with Crippen LogP contribution in [0.15, 0.2) is 69.6 Å². The van der Waals surface area contributed by atoms with Crippen molar-refractivity contribution in [3.05, 3.63) is 71.4 Å². The van der Waals surface area contributed by atoms with Crippen LogP contribution in [0.2, 0.25) is 0 Å². The molecule has 0 bridgehead atoms. The molecule has 9 heteroatoms. The minimum atomic E-state index is -3.73. The summed E-state index contributed by atoms with van der Waals surface area (Å²) in [6.45, 7) is 2.07. The number of benzene rings is 2. The van der Waals surface area contributed by atoms with Gasteiger partial charge in [-0.05, 0) is 48.4 Å². The first-order valence-electron chi connectivity index (χ1n) is 9.26. The number of aromatic nitrogens is 1. The molecule has 0 aliphatic carbocycles. The van der Waals surface area contributed by atoms with Gasteiger partial charge in [0.2, 0.25) is 5.91 Å². The zero-order valence-corrected chi connectivity index (χ0v) is 17.7. The molecule has 4 rings (SSSR count). The Labute approximate surface area is 177 Å². The summed E-state index contributed by atoms with van der Waals surface area (Å²) in [5.41, 5.74) is 3.24. The second-order valence-electron chi connectivity index (χ2n) is 6.64. The molecule has 0 aliphatic heterocycles. The molecule has 0 radical (unpaired) electrons. The second kappa shape index (κ2) is 8.29. The van der Waals surface area contributed by atoms with Gasteiger partial charge in [0.15, 0.2) is 5.13 Å². The minimum Gasteiger partial charge on any atom is -0.464 e. The number of amides is 1. The molecule has 0 aliphatic rings. The van der Waals surface area contributed by atoms with Gasteiger partial charge in [-0.1, -0.05) is 13.0 Å². The molecule has 2 N–H and O–H groups in total. The van der Waals surface area contributed by atoms with Gasteiger partial charge in [-0.25, -0.2) is 13.4 Å². The fourth-order valence-corrected chi connectivity index (χ4v) is 4.82. The van der Waals surface area contributed by atoms with E-state index in [1.165, 1.54) is 35.2 Å². The van der Waals surface area contributed by atoms with E-state index in [2.05, 4.69) is 21.9 Å². The van der Waals surface area contributed by atoms with E-state index in [4.69, 9.17) is 4.42 Å². The van der Waals surface area contributed by atoms with E-state index in [0.717, 1.165) is 23.0 Å². The van der Waals surface area contributed by atoms with Gasteiger partial charge in [-0.15, -0.1) is 11.3 Å². The number of fused-ring (bicyclic) bond motifs is 1. The molecule has 2 aromatic carbocycles. The molecule has 30 heavy (non-hydrogen) atoms. The Hall–Kier alpha value is -3.17. The van der Waals surface area contributed by atoms with Crippen LogP contribution in [0, 0.1) is 0 Å². The van der Waals surface area contributed by atoms with Crippen molar-refractivity contribution >= 4 is 49.1 Å². The normalized spacial score (nSPS) is 11.5. The number of rotatable bonds is 7. The molecule has 0 unspecified atom stereocenters. The lowest BCUT2D eigenvalue weighted by molar-refractivity contribution is -0.115. The fraction of sp³-hybridized carbons (Fsp3) is 0.143. The first-order chi connectivity index (χ1) is 14.4. The van der Waals surface area contributed by atoms with Gasteiger partial charge in [0.05, 0.1) is 17.6 Å². The molecule has 7 nitrogen and oxygen atoms in total. The number of aryl methyl sites for hydroxylation is 1. The van der Waals surface area contributed by atoms with Crippen LogP contribution in [-0.2, 0) is 27.7 Å². The van der Waals surface area contributed by atoms with Gasteiger partial charge < -0.3 is 9.73 Å². The van der Waals surface area contributed by atoms with Gasteiger partial charge in [0.1, 0.15) is 5.58 Å². The molecular weight excluding hydrogens is 422 g/mol. The second-order valence-corrected chi connectivity index (χ2v) is 9.21. The molecule has 2 heterocycles. The minimum absolute atomic E-state index is 0.0867. The van der Waals surface area contributed by atoms with Gasteiger partial charge in [-0.2, -0.15) is 0 Å². The summed E-state index contributed by atoms with van der Waals surface area (Å²) in [7, 11) is -3.73. The van der Waals surface area contributed by atoms with Crippen molar-refractivity contribution in [2.45, 2.75) is 24.7 Å². The molecule has 0 saturated heterocycles. The number of nitrogens with zero attached hydrogens (tertiary/aromatic N) is 1. The summed E-state index contributed by atoms with van der Waals surface area (Å²) < 4.78 is 32.7. The number of thiazole rings is 1.